The number of nitrogens with zero attached hydrogens (tertiary/aromatic N) is 1. The molecule has 0 heterocycles. The van der Waals surface area contributed by atoms with Crippen molar-refractivity contribution in [2.24, 2.45) is 0 Å². The summed E-state index contributed by atoms with van der Waals surface area (Å²) in [6.45, 7) is 0.365. The van der Waals surface area contributed by atoms with Gasteiger partial charge in [0, 0.05) is 0 Å². The van der Waals surface area contributed by atoms with Crippen LogP contribution < -0.4 is 4.74 Å². The summed E-state index contributed by atoms with van der Waals surface area (Å²) < 4.78 is 6.10. The van der Waals surface area contributed by atoms with Crippen molar-refractivity contribution in [3.8, 4) is 5.75 Å². The monoisotopic (exact) mass is 357 g/mol. The summed E-state index contributed by atoms with van der Waals surface area (Å²) >= 11 is 3.16. The van der Waals surface area contributed by atoms with Crippen LogP contribution in [0.3, 0.4) is 0 Å². The smallest absolute Gasteiger partial charge is 0.287 e. The van der Waals surface area contributed by atoms with Gasteiger partial charge in [-0.1, -0.05) is 36.4 Å². The van der Waals surface area contributed by atoms with E-state index in [9.17, 15) is 10.1 Å². The summed E-state index contributed by atoms with van der Waals surface area (Å²) in [5.41, 5.74) is 1.01. The summed E-state index contributed by atoms with van der Waals surface area (Å²) in [6.07, 6.45) is 0. The number of hydrogen-bond acceptors (Lipinski definition) is 3. The SMILES string of the molecule is O=[N+]([O-])c1cc(OCc2ccc3ccccc3c2)ccc1Br. The Bertz CT molecular complexity index is 848. The van der Waals surface area contributed by atoms with Crippen molar-refractivity contribution >= 4 is 32.4 Å². The molecule has 0 saturated carbocycles. The van der Waals surface area contributed by atoms with Gasteiger partial charge in [-0.15, -0.1) is 0 Å². The summed E-state index contributed by atoms with van der Waals surface area (Å²) in [5, 5.41) is 13.2. The Hall–Kier alpha value is -2.40. The second kappa shape index (κ2) is 6.15. The second-order valence-corrected chi connectivity index (χ2v) is 5.69. The van der Waals surface area contributed by atoms with Gasteiger partial charge in [-0.2, -0.15) is 0 Å². The molecule has 0 N–H and O–H groups in total. The first-order valence-electron chi connectivity index (χ1n) is 6.68. The Balaban J connectivity index is 1.79. The number of nitro groups is 1. The van der Waals surface area contributed by atoms with Crippen molar-refractivity contribution in [1.82, 2.24) is 0 Å². The molecule has 3 aromatic carbocycles. The molecule has 110 valence electrons. The molecule has 0 aliphatic rings. The van der Waals surface area contributed by atoms with Gasteiger partial charge in [-0.3, -0.25) is 10.1 Å². The van der Waals surface area contributed by atoms with Crippen LogP contribution in [0.2, 0.25) is 0 Å². The molecule has 0 aliphatic carbocycles. The number of nitro benzene ring substituents is 1. The molecule has 0 bridgehead atoms. The first kappa shape index (κ1) is 14.5. The van der Waals surface area contributed by atoms with E-state index in [1.807, 2.05) is 30.3 Å². The molecule has 0 saturated heterocycles. The molecule has 0 fully saturated rings. The van der Waals surface area contributed by atoms with E-state index < -0.39 is 4.92 Å². The minimum absolute atomic E-state index is 0.00369. The highest BCUT2D eigenvalue weighted by Crippen LogP contribution is 2.29. The highest BCUT2D eigenvalue weighted by atomic mass is 79.9. The van der Waals surface area contributed by atoms with Crippen molar-refractivity contribution in [3.63, 3.8) is 0 Å². The number of ether oxygens (including phenoxy) is 1. The fourth-order valence-electron chi connectivity index (χ4n) is 2.22. The van der Waals surface area contributed by atoms with Gasteiger partial charge in [0.25, 0.3) is 5.69 Å². The summed E-state index contributed by atoms with van der Waals surface area (Å²) in [5.74, 6) is 0.475. The van der Waals surface area contributed by atoms with Gasteiger partial charge in [-0.05, 0) is 50.5 Å². The maximum atomic E-state index is 10.9. The lowest BCUT2D eigenvalue weighted by Crippen LogP contribution is -1.97. The van der Waals surface area contributed by atoms with Crippen molar-refractivity contribution in [2.45, 2.75) is 6.61 Å². The van der Waals surface area contributed by atoms with Gasteiger partial charge in [0.05, 0.1) is 15.5 Å². The minimum Gasteiger partial charge on any atom is -0.489 e. The average molecular weight is 358 g/mol. The van der Waals surface area contributed by atoms with Crippen LogP contribution in [0, 0.1) is 10.1 Å². The Labute approximate surface area is 135 Å². The predicted octanol–water partition coefficient (Wildman–Crippen LogP) is 5.09. The third-order valence-electron chi connectivity index (χ3n) is 3.33. The highest BCUT2D eigenvalue weighted by molar-refractivity contribution is 9.10. The Morgan fingerprint density at radius 3 is 2.55 bits per heavy atom. The molecular weight excluding hydrogens is 346 g/mol. The number of fused-ring (bicyclic) bond motifs is 1. The third kappa shape index (κ3) is 3.09. The van der Waals surface area contributed by atoms with Crippen LogP contribution >= 0.6 is 15.9 Å². The van der Waals surface area contributed by atoms with Crippen LogP contribution in [-0.2, 0) is 6.61 Å². The lowest BCUT2D eigenvalue weighted by Gasteiger charge is -2.08. The lowest BCUT2D eigenvalue weighted by molar-refractivity contribution is -0.385. The first-order chi connectivity index (χ1) is 10.6. The molecule has 4 nitrogen and oxygen atoms in total. The summed E-state index contributed by atoms with van der Waals surface area (Å²) in [6, 6.07) is 18.9. The molecule has 0 aromatic heterocycles. The molecule has 22 heavy (non-hydrogen) atoms. The number of halogens is 1. The van der Waals surface area contributed by atoms with Gasteiger partial charge in [0.2, 0.25) is 0 Å². The van der Waals surface area contributed by atoms with Crippen molar-refractivity contribution in [3.05, 3.63) is 80.8 Å². The second-order valence-electron chi connectivity index (χ2n) is 4.84. The Morgan fingerprint density at radius 1 is 1.00 bits per heavy atom. The zero-order valence-corrected chi connectivity index (χ0v) is 13.1. The molecule has 3 rings (SSSR count). The summed E-state index contributed by atoms with van der Waals surface area (Å²) in [7, 11) is 0. The maximum Gasteiger partial charge on any atom is 0.287 e. The van der Waals surface area contributed by atoms with Gasteiger partial charge in [0.1, 0.15) is 12.4 Å². The average Bonchev–Trinajstić information content (AvgIpc) is 2.53. The van der Waals surface area contributed by atoms with E-state index in [0.717, 1.165) is 10.9 Å². The van der Waals surface area contributed by atoms with Gasteiger partial charge in [0.15, 0.2) is 0 Å². The molecule has 0 atom stereocenters. The molecule has 0 amide bonds. The van der Waals surface area contributed by atoms with E-state index in [2.05, 4.69) is 28.1 Å². The quantitative estimate of drug-likeness (QED) is 0.482. The van der Waals surface area contributed by atoms with Crippen molar-refractivity contribution in [1.29, 1.82) is 0 Å². The fourth-order valence-corrected chi connectivity index (χ4v) is 2.61. The number of benzene rings is 3. The van der Waals surface area contributed by atoms with Crippen LogP contribution in [0.1, 0.15) is 5.56 Å². The normalized spacial score (nSPS) is 10.6. The highest BCUT2D eigenvalue weighted by Gasteiger charge is 2.12. The minimum atomic E-state index is -0.438. The fraction of sp³-hybridized carbons (Fsp3) is 0.0588. The van der Waals surface area contributed by atoms with Gasteiger partial charge in [-0.25, -0.2) is 0 Å². The number of rotatable bonds is 4. The van der Waals surface area contributed by atoms with Crippen LogP contribution in [0.15, 0.2) is 65.1 Å². The van der Waals surface area contributed by atoms with Crippen molar-refractivity contribution < 1.29 is 9.66 Å². The topological polar surface area (TPSA) is 52.4 Å². The lowest BCUT2D eigenvalue weighted by atomic mass is 10.1. The van der Waals surface area contributed by atoms with Gasteiger partial charge >= 0.3 is 0 Å². The van der Waals surface area contributed by atoms with Crippen LogP contribution in [0.25, 0.3) is 10.8 Å². The standard InChI is InChI=1S/C17H12BrNO3/c18-16-8-7-15(10-17(16)19(20)21)22-11-12-5-6-13-3-1-2-4-14(13)9-12/h1-10H,11H2. The molecule has 0 aliphatic heterocycles. The Morgan fingerprint density at radius 2 is 1.77 bits per heavy atom. The van der Waals surface area contributed by atoms with E-state index >= 15 is 0 Å². The predicted molar refractivity (Wildman–Crippen MR) is 89.1 cm³/mol. The van der Waals surface area contributed by atoms with Crippen LogP contribution in [0.5, 0.6) is 5.75 Å². The molecular formula is C17H12BrNO3. The molecule has 0 spiro atoms. The zero-order chi connectivity index (χ0) is 15.5. The summed E-state index contributed by atoms with van der Waals surface area (Å²) in [4.78, 5) is 10.5. The van der Waals surface area contributed by atoms with E-state index in [1.54, 1.807) is 12.1 Å². The van der Waals surface area contributed by atoms with E-state index in [1.165, 1.54) is 11.5 Å². The molecule has 0 radical (unpaired) electrons. The van der Waals surface area contributed by atoms with Crippen LogP contribution in [0.4, 0.5) is 5.69 Å². The first-order valence-corrected chi connectivity index (χ1v) is 7.47. The maximum absolute atomic E-state index is 10.9. The molecule has 3 aromatic rings. The van der Waals surface area contributed by atoms with Crippen molar-refractivity contribution in [2.75, 3.05) is 0 Å². The third-order valence-corrected chi connectivity index (χ3v) is 4.00. The van der Waals surface area contributed by atoms with E-state index in [-0.39, 0.29) is 5.69 Å². The largest absolute Gasteiger partial charge is 0.489 e. The number of hydrogen-bond donors (Lipinski definition) is 0. The van der Waals surface area contributed by atoms with E-state index in [4.69, 9.17) is 4.74 Å². The molecule has 0 unspecified atom stereocenters. The van der Waals surface area contributed by atoms with Gasteiger partial charge < -0.3 is 4.74 Å². The molecule has 5 heteroatoms. The van der Waals surface area contributed by atoms with Crippen LogP contribution in [-0.4, -0.2) is 4.92 Å². The van der Waals surface area contributed by atoms with E-state index in [0.29, 0.717) is 16.8 Å². The Kier molecular flexibility index (Phi) is 4.06. The zero-order valence-electron chi connectivity index (χ0n) is 11.5.